The molecule has 138 valence electrons. The fourth-order valence-corrected chi connectivity index (χ4v) is 4.96. The molecule has 1 atom stereocenters. The summed E-state index contributed by atoms with van der Waals surface area (Å²) in [6, 6.07) is 8.94. The number of aliphatic carboxylic acids is 1. The molecular formula is C17H18N2O5S2. The summed E-state index contributed by atoms with van der Waals surface area (Å²) in [5.41, 5.74) is 1.10. The van der Waals surface area contributed by atoms with Gasteiger partial charge in [0.25, 0.3) is 10.0 Å². The van der Waals surface area contributed by atoms with Crippen LogP contribution in [-0.2, 0) is 26.0 Å². The van der Waals surface area contributed by atoms with Crippen LogP contribution in [0.25, 0.3) is 0 Å². The molecule has 1 aliphatic rings. The van der Waals surface area contributed by atoms with Crippen molar-refractivity contribution < 1.29 is 23.1 Å². The number of nitrogens with zero attached hydrogens (tertiary/aromatic N) is 1. The number of hydrogen-bond donors (Lipinski definition) is 2. The average molecular weight is 394 g/mol. The van der Waals surface area contributed by atoms with E-state index in [9.17, 15) is 18.0 Å². The highest BCUT2D eigenvalue weighted by Crippen LogP contribution is 2.22. The fraction of sp³-hybridized carbons (Fsp3) is 0.294. The van der Waals surface area contributed by atoms with Crippen molar-refractivity contribution >= 4 is 38.9 Å². The van der Waals surface area contributed by atoms with E-state index in [0.29, 0.717) is 30.6 Å². The number of carbonyl (C=O) groups is 2. The molecule has 1 unspecified atom stereocenters. The predicted octanol–water partition coefficient (Wildman–Crippen LogP) is 2.17. The summed E-state index contributed by atoms with van der Waals surface area (Å²) in [4.78, 5) is 24.9. The van der Waals surface area contributed by atoms with Gasteiger partial charge in [0.15, 0.2) is 0 Å². The zero-order chi connectivity index (χ0) is 18.7. The maximum atomic E-state index is 12.4. The quantitative estimate of drug-likeness (QED) is 0.781. The molecule has 9 heteroatoms. The first-order valence-electron chi connectivity index (χ1n) is 8.04. The summed E-state index contributed by atoms with van der Waals surface area (Å²) in [5.74, 6) is -1.21. The van der Waals surface area contributed by atoms with Crippen LogP contribution in [0.5, 0.6) is 0 Å². The van der Waals surface area contributed by atoms with Crippen molar-refractivity contribution in [3.05, 3.63) is 47.3 Å². The maximum Gasteiger partial charge on any atom is 0.326 e. The highest BCUT2D eigenvalue weighted by molar-refractivity contribution is 7.94. The van der Waals surface area contributed by atoms with E-state index < -0.39 is 22.0 Å². The second-order valence-corrected chi connectivity index (χ2v) is 8.85. The number of sulfonamides is 1. The second kappa shape index (κ2) is 7.46. The van der Waals surface area contributed by atoms with Crippen LogP contribution < -0.4 is 4.72 Å². The number of anilines is 1. The molecule has 2 aromatic rings. The van der Waals surface area contributed by atoms with Crippen molar-refractivity contribution in [3.8, 4) is 0 Å². The first-order valence-corrected chi connectivity index (χ1v) is 10.4. The molecule has 3 rings (SSSR count). The molecule has 1 aromatic heterocycles. The molecule has 0 bridgehead atoms. The zero-order valence-corrected chi connectivity index (χ0v) is 15.4. The summed E-state index contributed by atoms with van der Waals surface area (Å²) < 4.78 is 27.1. The lowest BCUT2D eigenvalue weighted by Crippen LogP contribution is -2.41. The van der Waals surface area contributed by atoms with Crippen LogP contribution in [0.2, 0.25) is 0 Å². The number of thiophene rings is 1. The van der Waals surface area contributed by atoms with E-state index in [0.717, 1.165) is 11.3 Å². The Hall–Kier alpha value is -2.39. The van der Waals surface area contributed by atoms with Crippen molar-refractivity contribution in [2.45, 2.75) is 29.5 Å². The minimum atomic E-state index is -3.61. The summed E-state index contributed by atoms with van der Waals surface area (Å²) >= 11 is 1.13. The topological polar surface area (TPSA) is 104 Å². The Morgan fingerprint density at radius 2 is 1.96 bits per heavy atom. The van der Waals surface area contributed by atoms with Crippen molar-refractivity contribution in [1.29, 1.82) is 0 Å². The van der Waals surface area contributed by atoms with E-state index in [1.807, 2.05) is 0 Å². The van der Waals surface area contributed by atoms with E-state index in [2.05, 4.69) is 4.72 Å². The van der Waals surface area contributed by atoms with Crippen molar-refractivity contribution in [2.75, 3.05) is 11.3 Å². The van der Waals surface area contributed by atoms with Gasteiger partial charge < -0.3 is 10.0 Å². The van der Waals surface area contributed by atoms with Gasteiger partial charge in [-0.3, -0.25) is 9.52 Å². The smallest absolute Gasteiger partial charge is 0.326 e. The van der Waals surface area contributed by atoms with Crippen LogP contribution in [-0.4, -0.2) is 42.9 Å². The normalized spacial score (nSPS) is 17.2. The number of benzene rings is 1. The number of hydrogen-bond acceptors (Lipinski definition) is 5. The van der Waals surface area contributed by atoms with Crippen molar-refractivity contribution in [2.24, 2.45) is 0 Å². The predicted molar refractivity (Wildman–Crippen MR) is 97.6 cm³/mol. The van der Waals surface area contributed by atoms with Crippen LogP contribution in [0.4, 0.5) is 5.69 Å². The Morgan fingerprint density at radius 3 is 2.58 bits per heavy atom. The Kier molecular flexibility index (Phi) is 5.28. The Labute approximate surface area is 155 Å². The fourth-order valence-electron chi connectivity index (χ4n) is 2.91. The number of carboxylic acids is 1. The Bertz CT molecular complexity index is 892. The van der Waals surface area contributed by atoms with Crippen LogP contribution in [0.3, 0.4) is 0 Å². The molecule has 1 aliphatic heterocycles. The lowest BCUT2D eigenvalue weighted by Gasteiger charge is -2.21. The van der Waals surface area contributed by atoms with Gasteiger partial charge >= 0.3 is 5.97 Å². The van der Waals surface area contributed by atoms with Gasteiger partial charge in [0.2, 0.25) is 5.91 Å². The maximum absolute atomic E-state index is 12.4. The third kappa shape index (κ3) is 4.05. The van der Waals surface area contributed by atoms with E-state index in [1.54, 1.807) is 35.7 Å². The molecule has 0 aliphatic carbocycles. The molecule has 1 fully saturated rings. The monoisotopic (exact) mass is 394 g/mol. The number of carboxylic acid groups (broad SMARTS) is 1. The first kappa shape index (κ1) is 18.4. The van der Waals surface area contributed by atoms with Crippen LogP contribution in [0, 0.1) is 0 Å². The summed E-state index contributed by atoms with van der Waals surface area (Å²) in [6.07, 6.45) is 1.25. The van der Waals surface area contributed by atoms with Gasteiger partial charge in [-0.05, 0) is 42.0 Å². The van der Waals surface area contributed by atoms with Gasteiger partial charge in [-0.2, -0.15) is 0 Å². The Balaban J connectivity index is 1.65. The molecule has 1 saturated heterocycles. The lowest BCUT2D eigenvalue weighted by molar-refractivity contribution is -0.148. The highest BCUT2D eigenvalue weighted by Gasteiger charge is 2.33. The SMILES string of the molecule is O=C(O)C1CCCN1C(=O)Cc1ccc(NS(=O)(=O)c2cccs2)cc1. The molecule has 0 saturated carbocycles. The minimum absolute atomic E-state index is 0.0851. The van der Waals surface area contributed by atoms with Gasteiger partial charge in [0, 0.05) is 12.2 Å². The molecule has 0 spiro atoms. The average Bonchev–Trinajstić information content (AvgIpc) is 3.28. The molecule has 1 aromatic carbocycles. The van der Waals surface area contributed by atoms with Crippen molar-refractivity contribution in [1.82, 2.24) is 4.90 Å². The van der Waals surface area contributed by atoms with E-state index in [-0.39, 0.29) is 16.5 Å². The van der Waals surface area contributed by atoms with Crippen LogP contribution in [0.15, 0.2) is 46.0 Å². The van der Waals surface area contributed by atoms with E-state index in [4.69, 9.17) is 5.11 Å². The van der Waals surface area contributed by atoms with Crippen molar-refractivity contribution in [3.63, 3.8) is 0 Å². The molecule has 2 N–H and O–H groups in total. The molecule has 1 amide bonds. The third-order valence-electron chi connectivity index (χ3n) is 4.18. The molecule has 2 heterocycles. The summed E-state index contributed by atoms with van der Waals surface area (Å²) in [6.45, 7) is 0.453. The molecule has 0 radical (unpaired) electrons. The summed E-state index contributed by atoms with van der Waals surface area (Å²) in [5, 5.41) is 10.8. The third-order valence-corrected chi connectivity index (χ3v) is 6.96. The largest absolute Gasteiger partial charge is 0.480 e. The zero-order valence-electron chi connectivity index (χ0n) is 13.8. The van der Waals surface area contributed by atoms with Crippen LogP contribution in [0.1, 0.15) is 18.4 Å². The number of rotatable bonds is 6. The standard InChI is InChI=1S/C17H18N2O5S2/c20-15(19-9-1-3-14(19)17(21)22)11-12-5-7-13(8-6-12)18-26(23,24)16-4-2-10-25-16/h2,4-8,10,14,18H,1,3,9,11H2,(H,21,22). The molecule has 7 nitrogen and oxygen atoms in total. The summed E-state index contributed by atoms with van der Waals surface area (Å²) in [7, 11) is -3.61. The number of nitrogens with one attached hydrogen (secondary N) is 1. The number of likely N-dealkylation sites (tertiary alicyclic amines) is 1. The van der Waals surface area contributed by atoms with E-state index in [1.165, 1.54) is 11.0 Å². The van der Waals surface area contributed by atoms with Gasteiger partial charge in [-0.1, -0.05) is 18.2 Å². The number of carbonyl (C=O) groups excluding carboxylic acids is 1. The first-order chi connectivity index (χ1) is 12.4. The van der Waals surface area contributed by atoms with Gasteiger partial charge in [0.05, 0.1) is 6.42 Å². The lowest BCUT2D eigenvalue weighted by atomic mass is 10.1. The van der Waals surface area contributed by atoms with E-state index >= 15 is 0 Å². The van der Waals surface area contributed by atoms with Gasteiger partial charge in [0.1, 0.15) is 10.3 Å². The van der Waals surface area contributed by atoms with Gasteiger partial charge in [-0.15, -0.1) is 11.3 Å². The molecule has 26 heavy (non-hydrogen) atoms. The van der Waals surface area contributed by atoms with Gasteiger partial charge in [-0.25, -0.2) is 13.2 Å². The minimum Gasteiger partial charge on any atom is -0.480 e. The highest BCUT2D eigenvalue weighted by atomic mass is 32.2. The second-order valence-electron chi connectivity index (χ2n) is 5.99. The van der Waals surface area contributed by atoms with Crippen LogP contribution >= 0.6 is 11.3 Å². The molecular weight excluding hydrogens is 376 g/mol. The Morgan fingerprint density at radius 1 is 1.23 bits per heavy atom. The number of amides is 1.